The minimum absolute atomic E-state index is 0.262. The van der Waals surface area contributed by atoms with Crippen molar-refractivity contribution in [3.05, 3.63) is 36.2 Å². The zero-order chi connectivity index (χ0) is 14.5. The summed E-state index contributed by atoms with van der Waals surface area (Å²) in [6.45, 7) is 6.35. The largest absolute Gasteiger partial charge is 0.334 e. The van der Waals surface area contributed by atoms with E-state index in [2.05, 4.69) is 27.3 Å². The third-order valence-corrected chi connectivity index (χ3v) is 3.91. The Morgan fingerprint density at radius 1 is 1.24 bits per heavy atom. The third-order valence-electron chi connectivity index (χ3n) is 3.91. The van der Waals surface area contributed by atoms with Gasteiger partial charge in [-0.05, 0) is 18.6 Å². The van der Waals surface area contributed by atoms with E-state index in [-0.39, 0.29) is 6.04 Å². The predicted molar refractivity (Wildman–Crippen MR) is 81.8 cm³/mol. The Morgan fingerprint density at radius 2 is 2.00 bits per heavy atom. The molecule has 1 N–H and O–H groups in total. The Balaban J connectivity index is 1.81. The van der Waals surface area contributed by atoms with Gasteiger partial charge in [0.2, 0.25) is 0 Å². The summed E-state index contributed by atoms with van der Waals surface area (Å²) in [5.74, 6) is 1.43. The molecular formula is C16H22N4O. The van der Waals surface area contributed by atoms with Gasteiger partial charge in [-0.3, -0.25) is 4.90 Å². The fraction of sp³-hybridized carbons (Fsp3) is 0.500. The fourth-order valence-electron chi connectivity index (χ4n) is 2.81. The maximum absolute atomic E-state index is 5.47. The quantitative estimate of drug-likeness (QED) is 0.915. The van der Waals surface area contributed by atoms with Crippen LogP contribution in [0.1, 0.15) is 31.6 Å². The third kappa shape index (κ3) is 3.31. The van der Waals surface area contributed by atoms with Crippen LogP contribution in [0, 0.1) is 0 Å². The van der Waals surface area contributed by atoms with Gasteiger partial charge in [-0.1, -0.05) is 36.7 Å². The molecule has 3 rings (SSSR count). The molecule has 2 aromatic rings. The molecule has 0 amide bonds. The number of nitrogens with one attached hydrogen (secondary N) is 1. The van der Waals surface area contributed by atoms with Gasteiger partial charge in [0, 0.05) is 31.7 Å². The molecule has 1 aliphatic heterocycles. The second kappa shape index (κ2) is 6.83. The van der Waals surface area contributed by atoms with Gasteiger partial charge in [0.05, 0.1) is 6.04 Å². The van der Waals surface area contributed by atoms with Crippen LogP contribution in [0.15, 0.2) is 34.9 Å². The molecule has 1 fully saturated rings. The average molecular weight is 286 g/mol. The predicted octanol–water partition coefficient (Wildman–Crippen LogP) is 2.48. The van der Waals surface area contributed by atoms with E-state index >= 15 is 0 Å². The molecule has 2 heterocycles. The lowest BCUT2D eigenvalue weighted by Crippen LogP contribution is -2.45. The van der Waals surface area contributed by atoms with E-state index in [4.69, 9.17) is 4.52 Å². The van der Waals surface area contributed by atoms with E-state index in [1.807, 2.05) is 30.3 Å². The maximum Gasteiger partial charge on any atom is 0.257 e. The number of aromatic nitrogens is 2. The molecule has 0 saturated carbocycles. The van der Waals surface area contributed by atoms with Crippen molar-refractivity contribution in [3.63, 3.8) is 0 Å². The fourth-order valence-corrected chi connectivity index (χ4v) is 2.81. The van der Waals surface area contributed by atoms with Crippen LogP contribution in [0.3, 0.4) is 0 Å². The number of nitrogens with zero attached hydrogens (tertiary/aromatic N) is 3. The number of rotatable bonds is 5. The topological polar surface area (TPSA) is 54.2 Å². The van der Waals surface area contributed by atoms with Crippen LogP contribution in [0.4, 0.5) is 0 Å². The first-order valence-corrected chi connectivity index (χ1v) is 7.72. The number of hydrogen-bond donors (Lipinski definition) is 1. The van der Waals surface area contributed by atoms with E-state index in [1.54, 1.807) is 0 Å². The normalized spacial score (nSPS) is 17.8. The van der Waals surface area contributed by atoms with Crippen LogP contribution in [-0.4, -0.2) is 41.2 Å². The Morgan fingerprint density at radius 3 is 2.71 bits per heavy atom. The molecular weight excluding hydrogens is 264 g/mol. The van der Waals surface area contributed by atoms with Gasteiger partial charge in [-0.2, -0.15) is 4.98 Å². The summed E-state index contributed by atoms with van der Waals surface area (Å²) < 4.78 is 5.47. The van der Waals surface area contributed by atoms with Crippen molar-refractivity contribution in [3.8, 4) is 11.5 Å². The highest BCUT2D eigenvalue weighted by molar-refractivity contribution is 5.52. The van der Waals surface area contributed by atoms with Crippen LogP contribution >= 0.6 is 0 Å². The molecule has 1 aromatic carbocycles. The highest BCUT2D eigenvalue weighted by Crippen LogP contribution is 2.26. The van der Waals surface area contributed by atoms with Crippen molar-refractivity contribution in [1.29, 1.82) is 0 Å². The molecule has 21 heavy (non-hydrogen) atoms. The molecule has 0 radical (unpaired) electrons. The summed E-state index contributed by atoms with van der Waals surface area (Å²) in [5, 5.41) is 7.63. The summed E-state index contributed by atoms with van der Waals surface area (Å²) >= 11 is 0. The van der Waals surface area contributed by atoms with E-state index in [9.17, 15) is 0 Å². The Hall–Kier alpha value is -1.72. The van der Waals surface area contributed by atoms with Crippen LogP contribution in [0.2, 0.25) is 0 Å². The van der Waals surface area contributed by atoms with Crippen LogP contribution in [-0.2, 0) is 0 Å². The van der Waals surface area contributed by atoms with Crippen LogP contribution < -0.4 is 5.32 Å². The van der Waals surface area contributed by atoms with E-state index < -0.39 is 0 Å². The van der Waals surface area contributed by atoms with Crippen molar-refractivity contribution in [2.75, 3.05) is 26.2 Å². The molecule has 1 aliphatic rings. The van der Waals surface area contributed by atoms with Gasteiger partial charge in [0.25, 0.3) is 5.89 Å². The lowest BCUT2D eigenvalue weighted by molar-refractivity contribution is 0.155. The smallest absolute Gasteiger partial charge is 0.257 e. The molecule has 1 saturated heterocycles. The molecule has 1 atom stereocenters. The van der Waals surface area contributed by atoms with Gasteiger partial charge in [-0.15, -0.1) is 0 Å². The zero-order valence-electron chi connectivity index (χ0n) is 12.5. The van der Waals surface area contributed by atoms with Gasteiger partial charge in [-0.25, -0.2) is 0 Å². The standard InChI is InChI=1S/C16H22N4O/c1-2-6-14(20-11-9-17-10-12-20)15-18-16(21-19-15)13-7-4-3-5-8-13/h3-5,7-8,14,17H,2,6,9-12H2,1H3. The minimum atomic E-state index is 0.262. The molecule has 1 aromatic heterocycles. The van der Waals surface area contributed by atoms with Gasteiger partial charge >= 0.3 is 0 Å². The second-order valence-electron chi connectivity index (χ2n) is 5.41. The molecule has 5 nitrogen and oxygen atoms in total. The summed E-state index contributed by atoms with van der Waals surface area (Å²) in [7, 11) is 0. The van der Waals surface area contributed by atoms with Crippen LogP contribution in [0.5, 0.6) is 0 Å². The van der Waals surface area contributed by atoms with Gasteiger partial charge in [0.1, 0.15) is 0 Å². The molecule has 5 heteroatoms. The van der Waals surface area contributed by atoms with E-state index in [0.717, 1.165) is 50.4 Å². The lowest BCUT2D eigenvalue weighted by atomic mass is 10.1. The summed E-state index contributed by atoms with van der Waals surface area (Å²) in [5.41, 5.74) is 0.979. The first kappa shape index (κ1) is 14.2. The SMILES string of the molecule is CCCC(c1noc(-c2ccccc2)n1)N1CCNCC1. The highest BCUT2D eigenvalue weighted by atomic mass is 16.5. The Kier molecular flexibility index (Phi) is 4.62. The van der Waals surface area contributed by atoms with Gasteiger partial charge in [0.15, 0.2) is 5.82 Å². The lowest BCUT2D eigenvalue weighted by Gasteiger charge is -2.33. The first-order chi connectivity index (χ1) is 10.4. The highest BCUT2D eigenvalue weighted by Gasteiger charge is 2.25. The maximum atomic E-state index is 5.47. The molecule has 0 aliphatic carbocycles. The van der Waals surface area contributed by atoms with Gasteiger partial charge < -0.3 is 9.84 Å². The number of piperazine rings is 1. The Labute approximate surface area is 125 Å². The average Bonchev–Trinajstić information content (AvgIpc) is 3.04. The zero-order valence-corrected chi connectivity index (χ0v) is 12.5. The molecule has 0 bridgehead atoms. The van der Waals surface area contributed by atoms with Crippen LogP contribution in [0.25, 0.3) is 11.5 Å². The first-order valence-electron chi connectivity index (χ1n) is 7.72. The number of benzene rings is 1. The summed E-state index contributed by atoms with van der Waals surface area (Å²) in [6, 6.07) is 10.2. The van der Waals surface area contributed by atoms with Crippen molar-refractivity contribution >= 4 is 0 Å². The Bertz CT molecular complexity index is 548. The van der Waals surface area contributed by atoms with E-state index in [1.165, 1.54) is 0 Å². The van der Waals surface area contributed by atoms with Crippen molar-refractivity contribution < 1.29 is 4.52 Å². The summed E-state index contributed by atoms with van der Waals surface area (Å²) in [4.78, 5) is 7.09. The van der Waals surface area contributed by atoms with Crippen molar-refractivity contribution in [1.82, 2.24) is 20.4 Å². The second-order valence-corrected chi connectivity index (χ2v) is 5.41. The minimum Gasteiger partial charge on any atom is -0.334 e. The van der Waals surface area contributed by atoms with Crippen molar-refractivity contribution in [2.45, 2.75) is 25.8 Å². The van der Waals surface area contributed by atoms with Crippen molar-refractivity contribution in [2.24, 2.45) is 0 Å². The van der Waals surface area contributed by atoms with E-state index in [0.29, 0.717) is 5.89 Å². The monoisotopic (exact) mass is 286 g/mol. The molecule has 1 unspecified atom stereocenters. The molecule has 112 valence electrons. The number of hydrogen-bond acceptors (Lipinski definition) is 5. The summed E-state index contributed by atoms with van der Waals surface area (Å²) in [6.07, 6.45) is 2.18. The molecule has 0 spiro atoms.